The first-order chi connectivity index (χ1) is 16.7. The number of benzene rings is 3. The number of aromatic nitrogens is 2. The van der Waals surface area contributed by atoms with Gasteiger partial charge in [-0.25, -0.2) is 0 Å². The second kappa shape index (κ2) is 9.88. The molecule has 0 atom stereocenters. The van der Waals surface area contributed by atoms with Crippen molar-refractivity contribution in [3.05, 3.63) is 48.5 Å². The van der Waals surface area contributed by atoms with Gasteiger partial charge in [-0.2, -0.15) is 0 Å². The number of para-hydroxylation sites is 2. The van der Waals surface area contributed by atoms with Crippen molar-refractivity contribution in [2.75, 3.05) is 13.2 Å². The molecule has 0 bridgehead atoms. The molecule has 0 fully saturated rings. The molecule has 0 aliphatic heterocycles. The average Bonchev–Trinajstić information content (AvgIpc) is 2.86. The Hall–Kier alpha value is -2.70. The predicted molar refractivity (Wildman–Crippen MR) is 149 cm³/mol. The normalized spacial score (nSPS) is 11.6. The molecular formula is C28H32N2O2S2. The Bertz CT molecular complexity index is 1400. The van der Waals surface area contributed by atoms with E-state index in [0.717, 1.165) is 57.6 Å². The fourth-order valence-electron chi connectivity index (χ4n) is 4.44. The van der Waals surface area contributed by atoms with Crippen LogP contribution in [0.1, 0.15) is 39.5 Å². The molecule has 0 saturated heterocycles. The van der Waals surface area contributed by atoms with Crippen molar-refractivity contribution in [1.82, 2.24) is 9.13 Å². The van der Waals surface area contributed by atoms with Gasteiger partial charge in [0.25, 0.3) is 0 Å². The minimum atomic E-state index is 0.706. The van der Waals surface area contributed by atoms with Gasteiger partial charge in [-0.1, -0.05) is 51.0 Å². The molecule has 0 spiro atoms. The van der Waals surface area contributed by atoms with Crippen molar-refractivity contribution >= 4 is 63.5 Å². The molecule has 0 N–H and O–H groups in total. The molecule has 0 radical (unpaired) electrons. The Morgan fingerprint density at radius 1 is 0.647 bits per heavy atom. The van der Waals surface area contributed by atoms with Crippen LogP contribution in [0, 0.1) is 0 Å². The zero-order valence-corrected chi connectivity index (χ0v) is 22.0. The van der Waals surface area contributed by atoms with Crippen molar-refractivity contribution in [3.8, 4) is 11.5 Å². The van der Waals surface area contributed by atoms with E-state index in [0.29, 0.717) is 13.2 Å². The molecule has 0 aliphatic carbocycles. The third-order valence-electron chi connectivity index (χ3n) is 6.31. The number of nitrogens with zero attached hydrogens (tertiary/aromatic N) is 2. The van der Waals surface area contributed by atoms with Gasteiger partial charge in [-0.05, 0) is 37.1 Å². The van der Waals surface area contributed by atoms with Gasteiger partial charge < -0.3 is 18.6 Å². The summed E-state index contributed by atoms with van der Waals surface area (Å²) in [7, 11) is 4.30. The summed E-state index contributed by atoms with van der Waals surface area (Å²) in [5.41, 5.74) is 4.64. The van der Waals surface area contributed by atoms with Crippen LogP contribution in [0.15, 0.2) is 48.5 Å². The lowest BCUT2D eigenvalue weighted by atomic mass is 10.2. The molecule has 2 heterocycles. The maximum atomic E-state index is 6.61. The third-order valence-corrected chi connectivity index (χ3v) is 8.61. The summed E-state index contributed by atoms with van der Waals surface area (Å²) in [5, 5.41) is 0. The zero-order chi connectivity index (χ0) is 23.7. The molecule has 34 heavy (non-hydrogen) atoms. The molecule has 4 nitrogen and oxygen atoms in total. The van der Waals surface area contributed by atoms with Crippen molar-refractivity contribution < 1.29 is 9.47 Å². The molecule has 0 amide bonds. The molecule has 5 aromatic rings. The highest BCUT2D eigenvalue weighted by molar-refractivity contribution is 7.26. The SMILES string of the molecule is CCCCOc1c2sc3ccccc3n(C)c2c(OCCCC)c2sc3ccccc3n(C)c12. The van der Waals surface area contributed by atoms with E-state index in [1.54, 1.807) is 22.7 Å². The van der Waals surface area contributed by atoms with Gasteiger partial charge in [-0.3, -0.25) is 0 Å². The van der Waals surface area contributed by atoms with Crippen molar-refractivity contribution in [3.63, 3.8) is 0 Å². The first-order valence-corrected chi connectivity index (χ1v) is 13.8. The Balaban J connectivity index is 1.97. The lowest BCUT2D eigenvalue weighted by molar-refractivity contribution is 0.310. The van der Waals surface area contributed by atoms with Gasteiger partial charge in [0.15, 0.2) is 11.5 Å². The predicted octanol–water partition coefficient (Wildman–Crippen LogP) is 8.58. The largest absolute Gasteiger partial charge is 0.490 e. The molecule has 2 aromatic heterocycles. The molecule has 0 saturated carbocycles. The van der Waals surface area contributed by atoms with E-state index in [4.69, 9.17) is 9.47 Å². The van der Waals surface area contributed by atoms with E-state index in [2.05, 4.69) is 85.6 Å². The van der Waals surface area contributed by atoms with E-state index < -0.39 is 0 Å². The number of rotatable bonds is 8. The van der Waals surface area contributed by atoms with Crippen LogP contribution in [-0.4, -0.2) is 22.3 Å². The number of hydrogen-bond acceptors (Lipinski definition) is 4. The zero-order valence-electron chi connectivity index (χ0n) is 20.4. The topological polar surface area (TPSA) is 28.3 Å². The summed E-state index contributed by atoms with van der Waals surface area (Å²) in [6.07, 6.45) is 4.27. The van der Waals surface area contributed by atoms with E-state index in [1.165, 1.54) is 20.4 Å². The van der Waals surface area contributed by atoms with Crippen LogP contribution in [0.4, 0.5) is 0 Å². The summed E-state index contributed by atoms with van der Waals surface area (Å²) >= 11 is 3.60. The fourth-order valence-corrected chi connectivity index (χ4v) is 6.94. The first kappa shape index (κ1) is 23.1. The van der Waals surface area contributed by atoms with Gasteiger partial charge in [-0.15, -0.1) is 22.7 Å². The van der Waals surface area contributed by atoms with Gasteiger partial charge in [0.05, 0.1) is 43.0 Å². The van der Waals surface area contributed by atoms with E-state index >= 15 is 0 Å². The molecule has 0 unspecified atom stereocenters. The summed E-state index contributed by atoms with van der Waals surface area (Å²) in [5.74, 6) is 1.94. The van der Waals surface area contributed by atoms with Crippen LogP contribution < -0.4 is 9.47 Å². The summed E-state index contributed by atoms with van der Waals surface area (Å²) < 4.78 is 22.6. The Labute approximate surface area is 208 Å². The van der Waals surface area contributed by atoms with Crippen molar-refractivity contribution in [1.29, 1.82) is 0 Å². The lowest BCUT2D eigenvalue weighted by Gasteiger charge is -2.22. The number of unbranched alkanes of at least 4 members (excludes halogenated alkanes) is 2. The average molecular weight is 493 g/mol. The standard InChI is InChI=1S/C28H32N2O2S2/c1-5-7-17-31-25-23-28(34-22-16-12-9-13-19(22)29(23)3)26(32-18-8-6-2)24-27(25)33-21-15-11-10-14-20(21)30(24)4/h9-16H,5-8,17-18H2,1-4H3. The first-order valence-electron chi connectivity index (χ1n) is 12.2. The van der Waals surface area contributed by atoms with Crippen LogP contribution in [0.5, 0.6) is 11.5 Å². The van der Waals surface area contributed by atoms with Crippen LogP contribution in [-0.2, 0) is 14.1 Å². The Morgan fingerprint density at radius 2 is 1.06 bits per heavy atom. The Kier molecular flexibility index (Phi) is 6.70. The molecular weight excluding hydrogens is 460 g/mol. The third kappa shape index (κ3) is 3.93. The number of ether oxygens (including phenoxy) is 2. The minimum absolute atomic E-state index is 0.706. The van der Waals surface area contributed by atoms with Crippen LogP contribution >= 0.6 is 22.7 Å². The second-order valence-electron chi connectivity index (χ2n) is 8.68. The highest BCUT2D eigenvalue weighted by Gasteiger charge is 2.23. The summed E-state index contributed by atoms with van der Waals surface area (Å²) in [6, 6.07) is 17.2. The van der Waals surface area contributed by atoms with Gasteiger partial charge in [0.1, 0.15) is 11.0 Å². The highest BCUT2D eigenvalue weighted by atomic mass is 32.1. The van der Waals surface area contributed by atoms with E-state index in [9.17, 15) is 0 Å². The van der Waals surface area contributed by atoms with Crippen molar-refractivity contribution in [2.45, 2.75) is 39.5 Å². The van der Waals surface area contributed by atoms with Gasteiger partial charge in [0, 0.05) is 14.1 Å². The fraction of sp³-hybridized carbons (Fsp3) is 0.357. The van der Waals surface area contributed by atoms with Gasteiger partial charge >= 0.3 is 0 Å². The Morgan fingerprint density at radius 3 is 1.47 bits per heavy atom. The van der Waals surface area contributed by atoms with E-state index in [1.807, 2.05) is 0 Å². The maximum absolute atomic E-state index is 6.61. The van der Waals surface area contributed by atoms with Crippen molar-refractivity contribution in [2.24, 2.45) is 14.1 Å². The molecule has 6 heteroatoms. The summed E-state index contributed by atoms with van der Waals surface area (Å²) in [4.78, 5) is 0. The smallest absolute Gasteiger partial charge is 0.163 e. The van der Waals surface area contributed by atoms with Crippen LogP contribution in [0.25, 0.3) is 40.9 Å². The lowest BCUT2D eigenvalue weighted by Crippen LogP contribution is -2.07. The maximum Gasteiger partial charge on any atom is 0.163 e. The number of hydrogen-bond donors (Lipinski definition) is 0. The second-order valence-corrected chi connectivity index (χ2v) is 10.8. The quantitative estimate of drug-likeness (QED) is 0.160. The summed E-state index contributed by atoms with van der Waals surface area (Å²) in [6.45, 7) is 5.82. The number of aryl methyl sites for hydroxylation is 2. The molecule has 3 aromatic carbocycles. The molecule has 178 valence electrons. The van der Waals surface area contributed by atoms with E-state index in [-0.39, 0.29) is 0 Å². The minimum Gasteiger partial charge on any atom is -0.490 e. The molecule has 0 aliphatic rings. The van der Waals surface area contributed by atoms with Crippen LogP contribution in [0.3, 0.4) is 0 Å². The monoisotopic (exact) mass is 492 g/mol. The number of fused-ring (bicyclic) bond motifs is 4. The van der Waals surface area contributed by atoms with Crippen LogP contribution in [0.2, 0.25) is 0 Å². The highest BCUT2D eigenvalue weighted by Crippen LogP contribution is 2.48. The molecule has 5 rings (SSSR count). The van der Waals surface area contributed by atoms with Gasteiger partial charge in [0.2, 0.25) is 0 Å².